The summed E-state index contributed by atoms with van der Waals surface area (Å²) >= 11 is 0. The van der Waals surface area contributed by atoms with Crippen molar-refractivity contribution in [3.8, 4) is 0 Å². The largest absolute Gasteiger partial charge is 0.378 e. The predicted molar refractivity (Wildman–Crippen MR) is 79.8 cm³/mol. The molecule has 3 heteroatoms. The zero-order chi connectivity index (χ0) is 14.0. The molecule has 1 aliphatic carbocycles. The lowest BCUT2D eigenvalue weighted by atomic mass is 9.98. The molecule has 0 radical (unpaired) electrons. The summed E-state index contributed by atoms with van der Waals surface area (Å²) in [6.07, 6.45) is 3.66. The zero-order valence-electron chi connectivity index (χ0n) is 12.5. The zero-order valence-corrected chi connectivity index (χ0v) is 12.5. The van der Waals surface area contributed by atoms with Crippen LogP contribution in [0.3, 0.4) is 0 Å². The van der Waals surface area contributed by atoms with Crippen molar-refractivity contribution in [2.45, 2.75) is 37.8 Å². The lowest BCUT2D eigenvalue weighted by molar-refractivity contribution is -0.0179. The highest BCUT2D eigenvalue weighted by Crippen LogP contribution is 2.41. The Labute approximate surface area is 121 Å². The summed E-state index contributed by atoms with van der Waals surface area (Å²) in [4.78, 5) is 0. The molecule has 2 fully saturated rings. The number of methoxy groups -OCH3 is 1. The lowest BCUT2D eigenvalue weighted by Crippen LogP contribution is -2.44. The van der Waals surface area contributed by atoms with E-state index in [4.69, 9.17) is 9.47 Å². The molecule has 2 unspecified atom stereocenters. The number of nitrogens with one attached hydrogen (secondary N) is 1. The molecular weight excluding hydrogens is 250 g/mol. The molecule has 1 aliphatic heterocycles. The lowest BCUT2D eigenvalue weighted by Gasteiger charge is -2.29. The molecule has 110 valence electrons. The average Bonchev–Trinajstić information content (AvgIpc) is 3.19. The van der Waals surface area contributed by atoms with Crippen molar-refractivity contribution in [1.82, 2.24) is 5.32 Å². The molecule has 0 aromatic heterocycles. The van der Waals surface area contributed by atoms with Gasteiger partial charge in [-0.1, -0.05) is 29.8 Å². The molecule has 0 bridgehead atoms. The van der Waals surface area contributed by atoms with Gasteiger partial charge in [0.25, 0.3) is 0 Å². The van der Waals surface area contributed by atoms with Crippen LogP contribution >= 0.6 is 0 Å². The first kappa shape index (κ1) is 14.1. The Kier molecular flexibility index (Phi) is 4.11. The molecule has 1 aromatic rings. The maximum atomic E-state index is 5.72. The number of hydrogen-bond donors (Lipinski definition) is 1. The highest BCUT2D eigenvalue weighted by atomic mass is 16.5. The Hall–Kier alpha value is -0.900. The summed E-state index contributed by atoms with van der Waals surface area (Å²) in [7, 11) is 1.80. The van der Waals surface area contributed by atoms with Crippen molar-refractivity contribution in [2.75, 3.05) is 26.9 Å². The van der Waals surface area contributed by atoms with Gasteiger partial charge in [0.15, 0.2) is 0 Å². The van der Waals surface area contributed by atoms with Gasteiger partial charge in [0, 0.05) is 32.7 Å². The Morgan fingerprint density at radius 2 is 2.10 bits per heavy atom. The van der Waals surface area contributed by atoms with Gasteiger partial charge in [0.2, 0.25) is 0 Å². The Bertz CT molecular complexity index is 433. The second-order valence-corrected chi connectivity index (χ2v) is 6.30. The van der Waals surface area contributed by atoms with Crippen LogP contribution in [0.25, 0.3) is 0 Å². The van der Waals surface area contributed by atoms with Gasteiger partial charge < -0.3 is 14.8 Å². The van der Waals surface area contributed by atoms with Crippen LogP contribution in [0.5, 0.6) is 0 Å². The summed E-state index contributed by atoms with van der Waals surface area (Å²) in [6.45, 7) is 4.54. The third-order valence-electron chi connectivity index (χ3n) is 4.67. The van der Waals surface area contributed by atoms with E-state index in [2.05, 4.69) is 36.5 Å². The van der Waals surface area contributed by atoms with Gasteiger partial charge in [-0.3, -0.25) is 0 Å². The first-order valence-electron chi connectivity index (χ1n) is 7.65. The first-order chi connectivity index (χ1) is 9.72. The Balaban J connectivity index is 1.67. The van der Waals surface area contributed by atoms with E-state index in [0.717, 1.165) is 25.5 Å². The number of benzene rings is 1. The molecule has 1 saturated heterocycles. The summed E-state index contributed by atoms with van der Waals surface area (Å²) in [6, 6.07) is 9.39. The summed E-state index contributed by atoms with van der Waals surface area (Å²) < 4.78 is 11.2. The van der Waals surface area contributed by atoms with Crippen molar-refractivity contribution in [3.05, 3.63) is 35.4 Å². The molecule has 1 N–H and O–H groups in total. The Morgan fingerprint density at radius 3 is 2.65 bits per heavy atom. The van der Waals surface area contributed by atoms with Crippen molar-refractivity contribution in [2.24, 2.45) is 5.92 Å². The maximum Gasteiger partial charge on any atom is 0.106 e. The quantitative estimate of drug-likeness (QED) is 0.866. The normalized spacial score (nSPS) is 27.7. The van der Waals surface area contributed by atoms with Gasteiger partial charge in [-0.15, -0.1) is 0 Å². The molecule has 3 rings (SSSR count). The molecule has 0 amide bonds. The summed E-state index contributed by atoms with van der Waals surface area (Å²) in [5, 5.41) is 3.75. The van der Waals surface area contributed by atoms with Crippen LogP contribution in [0.1, 0.15) is 36.4 Å². The van der Waals surface area contributed by atoms with Crippen LogP contribution in [-0.2, 0) is 9.47 Å². The molecule has 2 aliphatic rings. The molecular formula is C17H25NO2. The number of ether oxygens (including phenoxy) is 2. The van der Waals surface area contributed by atoms with E-state index < -0.39 is 0 Å². The topological polar surface area (TPSA) is 30.5 Å². The van der Waals surface area contributed by atoms with E-state index in [9.17, 15) is 0 Å². The van der Waals surface area contributed by atoms with Gasteiger partial charge in [0.1, 0.15) is 5.60 Å². The van der Waals surface area contributed by atoms with E-state index >= 15 is 0 Å². The van der Waals surface area contributed by atoms with Crippen molar-refractivity contribution in [3.63, 3.8) is 0 Å². The second kappa shape index (κ2) is 5.84. The van der Waals surface area contributed by atoms with Gasteiger partial charge in [-0.25, -0.2) is 0 Å². The molecule has 3 nitrogen and oxygen atoms in total. The van der Waals surface area contributed by atoms with Crippen LogP contribution in [0.15, 0.2) is 24.3 Å². The van der Waals surface area contributed by atoms with Gasteiger partial charge >= 0.3 is 0 Å². The van der Waals surface area contributed by atoms with Crippen molar-refractivity contribution < 1.29 is 9.47 Å². The fourth-order valence-corrected chi connectivity index (χ4v) is 3.02. The van der Waals surface area contributed by atoms with Crippen LogP contribution in [-0.4, -0.2) is 32.5 Å². The third-order valence-corrected chi connectivity index (χ3v) is 4.67. The smallest absolute Gasteiger partial charge is 0.106 e. The third kappa shape index (κ3) is 3.05. The minimum Gasteiger partial charge on any atom is -0.378 e. The van der Waals surface area contributed by atoms with Crippen molar-refractivity contribution >= 4 is 0 Å². The molecule has 1 saturated carbocycles. The molecule has 0 spiro atoms. The van der Waals surface area contributed by atoms with Gasteiger partial charge in [-0.05, 0) is 31.2 Å². The highest BCUT2D eigenvalue weighted by Gasteiger charge is 2.38. The molecule has 1 aromatic carbocycles. The fourth-order valence-electron chi connectivity index (χ4n) is 3.02. The molecule has 2 atom stereocenters. The van der Waals surface area contributed by atoms with Crippen molar-refractivity contribution in [1.29, 1.82) is 0 Å². The van der Waals surface area contributed by atoms with E-state index in [1.165, 1.54) is 24.0 Å². The predicted octanol–water partition coefficient (Wildman–Crippen LogP) is 2.84. The summed E-state index contributed by atoms with van der Waals surface area (Å²) in [5.41, 5.74) is 2.60. The monoisotopic (exact) mass is 275 g/mol. The standard InChI is InChI=1S/C17H25NO2/c1-13-3-5-14(6-4-13)16(15-7-8-15)18-11-17(19-2)9-10-20-12-17/h3-6,15-16,18H,7-12H2,1-2H3. The van der Waals surface area contributed by atoms with Crippen LogP contribution in [0, 0.1) is 12.8 Å². The van der Waals surface area contributed by atoms with E-state index in [-0.39, 0.29) is 5.60 Å². The highest BCUT2D eigenvalue weighted by molar-refractivity contribution is 5.25. The van der Waals surface area contributed by atoms with Crippen LogP contribution in [0.2, 0.25) is 0 Å². The van der Waals surface area contributed by atoms with E-state index in [1.54, 1.807) is 7.11 Å². The number of aryl methyl sites for hydroxylation is 1. The second-order valence-electron chi connectivity index (χ2n) is 6.30. The maximum absolute atomic E-state index is 5.72. The number of hydrogen-bond acceptors (Lipinski definition) is 3. The SMILES string of the molecule is COC1(CNC(c2ccc(C)cc2)C2CC2)CCOC1. The summed E-state index contributed by atoms with van der Waals surface area (Å²) in [5.74, 6) is 0.786. The minimum absolute atomic E-state index is 0.127. The number of rotatable bonds is 6. The van der Waals surface area contributed by atoms with Crippen LogP contribution in [0.4, 0.5) is 0 Å². The molecule has 20 heavy (non-hydrogen) atoms. The van der Waals surface area contributed by atoms with E-state index in [0.29, 0.717) is 12.6 Å². The molecule has 1 heterocycles. The minimum atomic E-state index is -0.127. The van der Waals surface area contributed by atoms with Gasteiger partial charge in [-0.2, -0.15) is 0 Å². The fraction of sp³-hybridized carbons (Fsp3) is 0.647. The van der Waals surface area contributed by atoms with Crippen LogP contribution < -0.4 is 5.32 Å². The Morgan fingerprint density at radius 1 is 1.35 bits per heavy atom. The first-order valence-corrected chi connectivity index (χ1v) is 7.65. The van der Waals surface area contributed by atoms with E-state index in [1.807, 2.05) is 0 Å². The van der Waals surface area contributed by atoms with Gasteiger partial charge in [0.05, 0.1) is 6.61 Å². The average molecular weight is 275 g/mol.